The van der Waals surface area contributed by atoms with Crippen molar-refractivity contribution < 1.29 is 27.8 Å². The number of aromatic hydroxyl groups is 2. The second-order valence-corrected chi connectivity index (χ2v) is 12.2. The number of likely N-dealkylation sites (N-methyl/N-ethyl adjacent to an activating group) is 1. The average molecular weight is 561 g/mol. The van der Waals surface area contributed by atoms with Crippen molar-refractivity contribution in [1.29, 1.82) is 0 Å². The molecule has 3 aromatic carbocycles. The van der Waals surface area contributed by atoms with Crippen LogP contribution in [0.4, 0.5) is 4.39 Å². The van der Waals surface area contributed by atoms with E-state index in [9.17, 15) is 23.4 Å². The monoisotopic (exact) mass is 560 g/mol. The maximum Gasteiger partial charge on any atom is 0.210 e. The molecule has 1 fully saturated rings. The van der Waals surface area contributed by atoms with Gasteiger partial charge >= 0.3 is 0 Å². The van der Waals surface area contributed by atoms with Crippen LogP contribution < -0.4 is 0 Å². The summed E-state index contributed by atoms with van der Waals surface area (Å²) >= 11 is 6.16. The fourth-order valence-corrected chi connectivity index (χ4v) is 5.79. The van der Waals surface area contributed by atoms with Crippen LogP contribution in [0.2, 0.25) is 5.02 Å². The van der Waals surface area contributed by atoms with E-state index in [0.29, 0.717) is 18.7 Å². The van der Waals surface area contributed by atoms with Crippen LogP contribution in [0.25, 0.3) is 0 Å². The van der Waals surface area contributed by atoms with Crippen LogP contribution >= 0.6 is 11.6 Å². The number of benzene rings is 3. The number of halogens is 2. The molecular formula is C28H30ClFN2O5S. The minimum atomic E-state index is -3.41. The third kappa shape index (κ3) is 6.02. The third-order valence-corrected chi connectivity index (χ3v) is 8.83. The molecule has 7 nitrogen and oxygen atoms in total. The molecule has 0 unspecified atom stereocenters. The largest absolute Gasteiger partial charge is 0.508 e. The second-order valence-electron chi connectivity index (χ2n) is 9.70. The van der Waals surface area contributed by atoms with E-state index in [1.807, 2.05) is 4.90 Å². The normalized spacial score (nSPS) is 20.5. The molecule has 1 saturated heterocycles. The first kappa shape index (κ1) is 28.0. The Labute approximate surface area is 227 Å². The van der Waals surface area contributed by atoms with E-state index in [1.165, 1.54) is 29.6 Å². The minimum absolute atomic E-state index is 0.0172. The van der Waals surface area contributed by atoms with Gasteiger partial charge in [0.05, 0.1) is 11.3 Å². The predicted molar refractivity (Wildman–Crippen MR) is 145 cm³/mol. The summed E-state index contributed by atoms with van der Waals surface area (Å²) in [6.07, 6.45) is 1.13. The average Bonchev–Trinajstić information content (AvgIpc) is 2.88. The number of sulfonamides is 1. The van der Waals surface area contributed by atoms with Crippen molar-refractivity contribution in [3.05, 3.63) is 94.3 Å². The topological polar surface area (TPSA) is 98.2 Å². The molecule has 0 radical (unpaired) electrons. The molecule has 10 heteroatoms. The van der Waals surface area contributed by atoms with Crippen LogP contribution in [0.15, 0.2) is 66.7 Å². The molecule has 3 atom stereocenters. The summed E-state index contributed by atoms with van der Waals surface area (Å²) in [5.41, 5.74) is 1.08. The van der Waals surface area contributed by atoms with Gasteiger partial charge in [-0.05, 0) is 35.4 Å². The van der Waals surface area contributed by atoms with Crippen LogP contribution in [0.5, 0.6) is 11.5 Å². The first-order chi connectivity index (χ1) is 18.0. The second kappa shape index (κ2) is 11.4. The Hall–Kier alpha value is -2.98. The van der Waals surface area contributed by atoms with Crippen molar-refractivity contribution in [2.45, 2.75) is 11.8 Å². The first-order valence-electron chi connectivity index (χ1n) is 12.2. The van der Waals surface area contributed by atoms with Crippen LogP contribution in [0.3, 0.4) is 0 Å². The number of Topliss-reactive ketones (excluding diaryl/α,β-unsaturated/α-hetero) is 1. The number of likely N-dealkylation sites (tertiary alicyclic amines) is 1. The molecule has 0 aromatic heterocycles. The Balaban J connectivity index is 1.84. The van der Waals surface area contributed by atoms with Gasteiger partial charge in [-0.15, -0.1) is 0 Å². The molecular weight excluding hydrogens is 531 g/mol. The van der Waals surface area contributed by atoms with Crippen LogP contribution in [0.1, 0.15) is 33.3 Å². The summed E-state index contributed by atoms with van der Waals surface area (Å²) in [6.45, 7) is 1.07. The lowest BCUT2D eigenvalue weighted by Crippen LogP contribution is -2.49. The number of rotatable bonds is 8. The first-order valence-corrected chi connectivity index (χ1v) is 14.4. The summed E-state index contributed by atoms with van der Waals surface area (Å²) in [4.78, 5) is 15.9. The Bertz CT molecular complexity index is 1430. The fraction of sp³-hybridized carbons (Fsp3) is 0.321. The maximum atomic E-state index is 15.5. The van der Waals surface area contributed by atoms with Crippen molar-refractivity contribution in [1.82, 2.24) is 9.21 Å². The Morgan fingerprint density at radius 1 is 1.05 bits per heavy atom. The van der Waals surface area contributed by atoms with Gasteiger partial charge in [-0.2, -0.15) is 0 Å². The van der Waals surface area contributed by atoms with E-state index >= 15 is 4.39 Å². The summed E-state index contributed by atoms with van der Waals surface area (Å²) < 4.78 is 40.7. The molecule has 0 spiro atoms. The van der Waals surface area contributed by atoms with Gasteiger partial charge < -0.3 is 15.1 Å². The summed E-state index contributed by atoms with van der Waals surface area (Å²) in [7, 11) is -1.92. The van der Waals surface area contributed by atoms with E-state index in [-0.39, 0.29) is 46.5 Å². The molecule has 1 aliphatic heterocycles. The molecule has 0 bridgehead atoms. The predicted octanol–water partition coefficient (Wildman–Crippen LogP) is 4.46. The number of nitrogens with zero attached hydrogens (tertiary/aromatic N) is 2. The van der Waals surface area contributed by atoms with Crippen molar-refractivity contribution >= 4 is 27.4 Å². The lowest BCUT2D eigenvalue weighted by molar-refractivity contribution is 0.0729. The number of phenols is 2. The third-order valence-electron chi connectivity index (χ3n) is 7.22. The smallest absolute Gasteiger partial charge is 0.210 e. The Kier molecular flexibility index (Phi) is 8.42. The van der Waals surface area contributed by atoms with Crippen molar-refractivity contribution in [2.75, 3.05) is 39.5 Å². The van der Waals surface area contributed by atoms with Gasteiger partial charge in [0.2, 0.25) is 10.0 Å². The highest BCUT2D eigenvalue weighted by Gasteiger charge is 2.44. The molecule has 3 aromatic rings. The number of carbonyl (C=O) groups is 1. The zero-order chi connectivity index (χ0) is 27.6. The summed E-state index contributed by atoms with van der Waals surface area (Å²) in [5.74, 6) is -2.98. The Morgan fingerprint density at radius 3 is 2.42 bits per heavy atom. The summed E-state index contributed by atoms with van der Waals surface area (Å²) in [6, 6.07) is 17.4. The van der Waals surface area contributed by atoms with Crippen LogP contribution in [0, 0.1) is 11.7 Å². The number of ketones is 1. The van der Waals surface area contributed by atoms with E-state index in [4.69, 9.17) is 11.6 Å². The fourth-order valence-electron chi connectivity index (χ4n) is 5.19. The lowest BCUT2D eigenvalue weighted by Gasteiger charge is -2.44. The molecule has 0 saturated carbocycles. The highest BCUT2D eigenvalue weighted by molar-refractivity contribution is 7.88. The number of carbonyl (C=O) groups excluding carboxylic acids is 1. The van der Waals surface area contributed by atoms with Crippen molar-refractivity contribution in [3.63, 3.8) is 0 Å². The highest BCUT2D eigenvalue weighted by Crippen LogP contribution is 2.47. The van der Waals surface area contributed by atoms with Gasteiger partial charge in [0, 0.05) is 56.5 Å². The maximum absolute atomic E-state index is 15.5. The molecule has 0 aliphatic carbocycles. The highest BCUT2D eigenvalue weighted by atomic mass is 35.5. The molecule has 4 rings (SSSR count). The molecule has 38 heavy (non-hydrogen) atoms. The Morgan fingerprint density at radius 2 is 1.74 bits per heavy atom. The van der Waals surface area contributed by atoms with Gasteiger partial charge in [-0.3, -0.25) is 4.79 Å². The number of phenolic OH excluding ortho intramolecular Hbond substituents is 2. The molecule has 202 valence electrons. The number of hydrogen-bond acceptors (Lipinski definition) is 6. The van der Waals surface area contributed by atoms with Crippen LogP contribution in [-0.4, -0.2) is 73.1 Å². The SMILES string of the molecule is CN(CCN1C[C@H](C(=O)c2cccc(O)c2)[C@H](c2cccc(Cl)c2F)[C@@H](c2ccccc2O)C1)S(C)(=O)=O. The van der Waals surface area contributed by atoms with Gasteiger partial charge in [0.15, 0.2) is 5.78 Å². The zero-order valence-electron chi connectivity index (χ0n) is 21.1. The molecule has 0 amide bonds. The van der Waals surface area contributed by atoms with E-state index in [0.717, 1.165) is 6.26 Å². The number of piperidine rings is 1. The van der Waals surface area contributed by atoms with Crippen molar-refractivity contribution in [2.24, 2.45) is 5.92 Å². The minimum Gasteiger partial charge on any atom is -0.508 e. The standard InChI is InChI=1S/C28H30ClFN2O5S/c1-31(38(2,36)37)13-14-32-16-22(20-9-3-4-12-25(20)34)26(21-10-6-11-24(29)27(21)30)23(17-32)28(35)18-7-5-8-19(33)15-18/h3-12,15,22-23,26,33-34H,13-14,16-17H2,1-2H3/t22-,23+,26-/m1/s1. The molecule has 1 heterocycles. The van der Waals surface area contributed by atoms with Gasteiger partial charge in [-0.1, -0.05) is 54.1 Å². The van der Waals surface area contributed by atoms with Crippen LogP contribution in [-0.2, 0) is 10.0 Å². The number of para-hydroxylation sites is 1. The summed E-state index contributed by atoms with van der Waals surface area (Å²) in [5, 5.41) is 20.8. The number of hydrogen-bond donors (Lipinski definition) is 2. The van der Waals surface area contributed by atoms with E-state index in [1.54, 1.807) is 48.5 Å². The quantitative estimate of drug-likeness (QED) is 0.395. The molecule has 1 aliphatic rings. The van der Waals surface area contributed by atoms with Crippen molar-refractivity contribution in [3.8, 4) is 11.5 Å². The lowest BCUT2D eigenvalue weighted by atomic mass is 9.68. The van der Waals surface area contributed by atoms with Gasteiger partial charge in [0.1, 0.15) is 17.3 Å². The van der Waals surface area contributed by atoms with E-state index < -0.39 is 33.6 Å². The zero-order valence-corrected chi connectivity index (χ0v) is 22.7. The van der Waals surface area contributed by atoms with E-state index in [2.05, 4.69) is 0 Å². The van der Waals surface area contributed by atoms with Gasteiger partial charge in [-0.25, -0.2) is 17.1 Å². The molecule has 2 N–H and O–H groups in total. The van der Waals surface area contributed by atoms with Gasteiger partial charge in [0.25, 0.3) is 0 Å².